The Labute approximate surface area is 75.6 Å². The third-order valence-electron chi connectivity index (χ3n) is 1.34. The summed E-state index contributed by atoms with van der Waals surface area (Å²) < 4.78 is 12.7. The normalized spacial score (nSPS) is 8.92. The molecule has 6 heteroatoms. The molecule has 1 aromatic rings. The van der Waals surface area contributed by atoms with Crippen LogP contribution in [0.3, 0.4) is 0 Å². The van der Waals surface area contributed by atoms with Crippen molar-refractivity contribution in [2.24, 2.45) is 0 Å². The Hall–Kier alpha value is -0.775. The quantitative estimate of drug-likeness (QED) is 0.414. The minimum atomic E-state index is -1.85. The zero-order valence-corrected chi connectivity index (χ0v) is 6.88. The molecule has 0 fully saturated rings. The first-order chi connectivity index (χ1) is 5.13. The Balaban J connectivity index is 0.00000121. The van der Waals surface area contributed by atoms with Crippen LogP contribution in [0.4, 0.5) is 10.1 Å². The smallest absolute Gasteiger partial charge is 0.423 e. The van der Waals surface area contributed by atoms with Crippen LogP contribution in [0.25, 0.3) is 0 Å². The molecule has 0 atom stereocenters. The van der Waals surface area contributed by atoms with Crippen LogP contribution in [0.15, 0.2) is 18.2 Å². The number of hydrogen-bond acceptors (Lipinski definition) is 3. The van der Waals surface area contributed by atoms with Crippen LogP contribution in [0.5, 0.6) is 0 Å². The van der Waals surface area contributed by atoms with Gasteiger partial charge in [-0.25, -0.2) is 4.39 Å². The van der Waals surface area contributed by atoms with Gasteiger partial charge >= 0.3 is 7.12 Å². The lowest BCUT2D eigenvalue weighted by Crippen LogP contribution is -2.34. The van der Waals surface area contributed by atoms with Crippen molar-refractivity contribution in [3.8, 4) is 0 Å². The first-order valence-electron chi connectivity index (χ1n) is 3.03. The Morgan fingerprint density at radius 2 is 1.92 bits per heavy atom. The van der Waals surface area contributed by atoms with E-state index in [4.69, 9.17) is 15.8 Å². The molecule has 0 amide bonds. The lowest BCUT2D eigenvalue weighted by Gasteiger charge is -2.03. The van der Waals surface area contributed by atoms with Gasteiger partial charge in [0.1, 0.15) is 5.82 Å². The highest BCUT2D eigenvalue weighted by atomic mass is 35.5. The molecule has 0 aliphatic heterocycles. The van der Waals surface area contributed by atoms with Gasteiger partial charge in [-0.1, -0.05) is 6.07 Å². The third-order valence-corrected chi connectivity index (χ3v) is 1.34. The number of halogens is 2. The SMILES string of the molecule is Cl.Nc1cccc(F)c1B(O)O. The van der Waals surface area contributed by atoms with Crippen molar-refractivity contribution in [1.29, 1.82) is 0 Å². The summed E-state index contributed by atoms with van der Waals surface area (Å²) in [5, 5.41) is 17.2. The topological polar surface area (TPSA) is 66.5 Å². The van der Waals surface area contributed by atoms with E-state index in [1.165, 1.54) is 12.1 Å². The molecule has 0 aliphatic rings. The van der Waals surface area contributed by atoms with Gasteiger partial charge in [0, 0.05) is 11.2 Å². The summed E-state index contributed by atoms with van der Waals surface area (Å²) in [4.78, 5) is 0. The van der Waals surface area contributed by atoms with E-state index in [9.17, 15) is 4.39 Å². The predicted octanol–water partition coefficient (Wildman–Crippen LogP) is -0.490. The molecule has 0 aromatic heterocycles. The van der Waals surface area contributed by atoms with Crippen LogP contribution in [0.1, 0.15) is 0 Å². The van der Waals surface area contributed by atoms with Crippen molar-refractivity contribution in [2.75, 3.05) is 5.73 Å². The molecule has 1 aromatic carbocycles. The zero-order valence-electron chi connectivity index (χ0n) is 6.07. The lowest BCUT2D eigenvalue weighted by atomic mass is 9.78. The molecule has 0 radical (unpaired) electrons. The van der Waals surface area contributed by atoms with Crippen LogP contribution < -0.4 is 11.2 Å². The fourth-order valence-electron chi connectivity index (χ4n) is 0.826. The average molecular weight is 191 g/mol. The molecule has 4 N–H and O–H groups in total. The summed E-state index contributed by atoms with van der Waals surface area (Å²) in [5.41, 5.74) is 5.03. The maximum absolute atomic E-state index is 12.7. The Morgan fingerprint density at radius 1 is 1.33 bits per heavy atom. The molecule has 0 aliphatic carbocycles. The standard InChI is InChI=1S/C6H7BFNO2.ClH/c8-4-2-1-3-5(9)6(4)7(10)11;/h1-3,10-11H,9H2;1H. The Morgan fingerprint density at radius 3 is 2.25 bits per heavy atom. The first-order valence-corrected chi connectivity index (χ1v) is 3.03. The number of nitrogens with two attached hydrogens (primary N) is 1. The van der Waals surface area contributed by atoms with Gasteiger partial charge in [-0.2, -0.15) is 0 Å². The predicted molar refractivity (Wildman–Crippen MR) is 47.9 cm³/mol. The minimum absolute atomic E-state index is 0. The lowest BCUT2D eigenvalue weighted by molar-refractivity contribution is 0.423. The van der Waals surface area contributed by atoms with Crippen LogP contribution in [-0.2, 0) is 0 Å². The summed E-state index contributed by atoms with van der Waals surface area (Å²) in [7, 11) is -1.85. The van der Waals surface area contributed by atoms with E-state index in [0.29, 0.717) is 0 Å². The summed E-state index contributed by atoms with van der Waals surface area (Å²) in [6, 6.07) is 3.92. The van der Waals surface area contributed by atoms with Gasteiger partial charge < -0.3 is 15.8 Å². The molecule has 0 unspecified atom stereocenters. The van der Waals surface area contributed by atoms with E-state index in [0.717, 1.165) is 6.07 Å². The van der Waals surface area contributed by atoms with Gasteiger partial charge in [0.2, 0.25) is 0 Å². The number of benzene rings is 1. The summed E-state index contributed by atoms with van der Waals surface area (Å²) in [5.74, 6) is -0.708. The van der Waals surface area contributed by atoms with Crippen molar-refractivity contribution in [3.05, 3.63) is 24.0 Å². The van der Waals surface area contributed by atoms with E-state index >= 15 is 0 Å². The largest absolute Gasteiger partial charge is 0.493 e. The number of nitrogen functional groups attached to an aromatic ring is 1. The fraction of sp³-hybridized carbons (Fsp3) is 0. The molecule has 0 saturated heterocycles. The monoisotopic (exact) mass is 191 g/mol. The second-order valence-electron chi connectivity index (χ2n) is 2.12. The van der Waals surface area contributed by atoms with Gasteiger partial charge in [0.15, 0.2) is 0 Å². The third kappa shape index (κ3) is 2.10. The van der Waals surface area contributed by atoms with Crippen molar-refractivity contribution in [1.82, 2.24) is 0 Å². The average Bonchev–Trinajstić information content (AvgIpc) is 1.85. The maximum Gasteiger partial charge on any atom is 0.493 e. The maximum atomic E-state index is 12.7. The van der Waals surface area contributed by atoms with Gasteiger partial charge in [0.25, 0.3) is 0 Å². The van der Waals surface area contributed by atoms with Crippen LogP contribution in [-0.4, -0.2) is 17.2 Å². The summed E-state index contributed by atoms with van der Waals surface area (Å²) in [6.07, 6.45) is 0. The fourth-order valence-corrected chi connectivity index (χ4v) is 0.826. The molecule has 12 heavy (non-hydrogen) atoms. The Kier molecular flexibility index (Phi) is 4.02. The molecule has 66 valence electrons. The van der Waals surface area contributed by atoms with Crippen LogP contribution in [0, 0.1) is 5.82 Å². The van der Waals surface area contributed by atoms with Gasteiger partial charge in [-0.3, -0.25) is 0 Å². The van der Waals surface area contributed by atoms with Gasteiger partial charge in [0.05, 0.1) is 0 Å². The van der Waals surface area contributed by atoms with Gasteiger partial charge in [-0.15, -0.1) is 12.4 Å². The van der Waals surface area contributed by atoms with E-state index in [1.54, 1.807) is 0 Å². The molecular formula is C6H8BClFNO2. The number of rotatable bonds is 1. The Bertz CT molecular complexity index is 251. The molecule has 0 saturated carbocycles. The second kappa shape index (κ2) is 4.30. The molecule has 0 spiro atoms. The van der Waals surface area contributed by atoms with E-state index in [1.807, 2.05) is 0 Å². The van der Waals surface area contributed by atoms with E-state index < -0.39 is 12.9 Å². The van der Waals surface area contributed by atoms with Crippen molar-refractivity contribution < 1.29 is 14.4 Å². The second-order valence-corrected chi connectivity index (χ2v) is 2.12. The molecule has 0 heterocycles. The molecule has 3 nitrogen and oxygen atoms in total. The van der Waals surface area contributed by atoms with E-state index in [-0.39, 0.29) is 23.6 Å². The van der Waals surface area contributed by atoms with Crippen molar-refractivity contribution in [3.63, 3.8) is 0 Å². The van der Waals surface area contributed by atoms with E-state index in [2.05, 4.69) is 0 Å². The molecule has 1 rings (SSSR count). The molecule has 0 bridgehead atoms. The summed E-state index contributed by atoms with van der Waals surface area (Å²) in [6.45, 7) is 0. The highest BCUT2D eigenvalue weighted by Gasteiger charge is 2.18. The molecular weight excluding hydrogens is 183 g/mol. The minimum Gasteiger partial charge on any atom is -0.423 e. The summed E-state index contributed by atoms with van der Waals surface area (Å²) >= 11 is 0. The first kappa shape index (κ1) is 11.2. The van der Waals surface area contributed by atoms with Crippen molar-refractivity contribution >= 4 is 30.7 Å². The highest BCUT2D eigenvalue weighted by molar-refractivity contribution is 6.60. The zero-order chi connectivity index (χ0) is 8.43. The van der Waals surface area contributed by atoms with Crippen LogP contribution in [0.2, 0.25) is 0 Å². The highest BCUT2D eigenvalue weighted by Crippen LogP contribution is 2.02. The van der Waals surface area contributed by atoms with Crippen molar-refractivity contribution in [2.45, 2.75) is 0 Å². The van der Waals surface area contributed by atoms with Gasteiger partial charge in [-0.05, 0) is 12.1 Å². The van der Waals surface area contributed by atoms with Crippen LogP contribution >= 0.6 is 12.4 Å². The number of anilines is 1. The number of hydrogen-bond donors (Lipinski definition) is 3.